The highest BCUT2D eigenvalue weighted by Gasteiger charge is 2.19. The van der Waals surface area contributed by atoms with Gasteiger partial charge in [0.15, 0.2) is 5.82 Å². The van der Waals surface area contributed by atoms with E-state index in [-0.39, 0.29) is 5.41 Å². The Morgan fingerprint density at radius 3 is 2.77 bits per heavy atom. The molecule has 0 aliphatic heterocycles. The van der Waals surface area contributed by atoms with Crippen LogP contribution in [0.4, 0.5) is 0 Å². The van der Waals surface area contributed by atoms with E-state index in [4.69, 9.17) is 0 Å². The fraction of sp³-hybridized carbons (Fsp3) is 0.455. The molecule has 0 N–H and O–H groups in total. The molecular formula is C11H16N2. The van der Waals surface area contributed by atoms with Gasteiger partial charge in [0.2, 0.25) is 0 Å². The van der Waals surface area contributed by atoms with Crippen molar-refractivity contribution in [3.63, 3.8) is 0 Å². The number of aromatic nitrogens is 2. The number of hydrogen-bond donors (Lipinski definition) is 0. The van der Waals surface area contributed by atoms with Crippen molar-refractivity contribution in [2.45, 2.75) is 32.6 Å². The van der Waals surface area contributed by atoms with Crippen LogP contribution < -0.4 is 0 Å². The van der Waals surface area contributed by atoms with Crippen LogP contribution in [0.25, 0.3) is 6.08 Å². The fourth-order valence-electron chi connectivity index (χ4n) is 1.03. The smallest absolute Gasteiger partial charge is 0.151 e. The van der Waals surface area contributed by atoms with Crippen molar-refractivity contribution in [2.24, 2.45) is 0 Å². The molecule has 0 amide bonds. The summed E-state index contributed by atoms with van der Waals surface area (Å²) in [6, 6.07) is 1.97. The van der Waals surface area contributed by atoms with Crippen LogP contribution in [0.1, 0.15) is 38.7 Å². The van der Waals surface area contributed by atoms with Gasteiger partial charge in [0.1, 0.15) is 0 Å². The molecule has 1 heterocycles. The van der Waals surface area contributed by atoms with Crippen LogP contribution in [0.2, 0.25) is 0 Å². The van der Waals surface area contributed by atoms with E-state index in [9.17, 15) is 0 Å². The number of rotatable bonds is 3. The van der Waals surface area contributed by atoms with Crippen LogP contribution in [0.5, 0.6) is 0 Å². The van der Waals surface area contributed by atoms with Crippen molar-refractivity contribution in [3.05, 3.63) is 30.4 Å². The molecule has 1 rings (SSSR count). The van der Waals surface area contributed by atoms with Crippen LogP contribution in [0.15, 0.2) is 18.8 Å². The highest BCUT2D eigenvalue weighted by atomic mass is 14.9. The minimum Gasteiger partial charge on any atom is -0.237 e. The molecule has 0 fully saturated rings. The molecule has 2 heteroatoms. The Hall–Kier alpha value is -1.18. The lowest BCUT2D eigenvalue weighted by Gasteiger charge is -2.21. The molecule has 0 atom stereocenters. The predicted octanol–water partition coefficient (Wildman–Crippen LogP) is 2.81. The Morgan fingerprint density at radius 2 is 2.23 bits per heavy atom. The zero-order valence-electron chi connectivity index (χ0n) is 8.54. The maximum Gasteiger partial charge on any atom is 0.151 e. The van der Waals surface area contributed by atoms with E-state index in [1.165, 1.54) is 0 Å². The van der Waals surface area contributed by atoms with Crippen molar-refractivity contribution >= 4 is 6.08 Å². The van der Waals surface area contributed by atoms with Gasteiger partial charge in [-0.3, -0.25) is 0 Å². The molecule has 0 aromatic carbocycles. The van der Waals surface area contributed by atoms with Crippen LogP contribution >= 0.6 is 0 Å². The van der Waals surface area contributed by atoms with Gasteiger partial charge in [-0.05, 0) is 18.6 Å². The van der Waals surface area contributed by atoms with Gasteiger partial charge < -0.3 is 0 Å². The minimum atomic E-state index is 0.126. The first-order chi connectivity index (χ1) is 6.10. The largest absolute Gasteiger partial charge is 0.237 e. The second-order valence-corrected chi connectivity index (χ2v) is 3.74. The van der Waals surface area contributed by atoms with Gasteiger partial charge in [-0.25, -0.2) is 9.97 Å². The zero-order valence-corrected chi connectivity index (χ0v) is 8.54. The second-order valence-electron chi connectivity index (χ2n) is 3.74. The van der Waals surface area contributed by atoms with Crippen LogP contribution in [-0.2, 0) is 5.41 Å². The zero-order chi connectivity index (χ0) is 9.90. The van der Waals surface area contributed by atoms with Gasteiger partial charge in [-0.2, -0.15) is 0 Å². The van der Waals surface area contributed by atoms with E-state index in [0.717, 1.165) is 12.1 Å². The van der Waals surface area contributed by atoms with Gasteiger partial charge in [-0.15, -0.1) is 0 Å². The highest BCUT2D eigenvalue weighted by Crippen LogP contribution is 2.24. The first-order valence-corrected chi connectivity index (χ1v) is 4.56. The lowest BCUT2D eigenvalue weighted by Crippen LogP contribution is -2.17. The van der Waals surface area contributed by atoms with Crippen LogP contribution in [-0.4, -0.2) is 9.97 Å². The van der Waals surface area contributed by atoms with Gasteiger partial charge in [-0.1, -0.05) is 27.4 Å². The van der Waals surface area contributed by atoms with Gasteiger partial charge in [0.05, 0.1) is 5.69 Å². The summed E-state index contributed by atoms with van der Waals surface area (Å²) in [5.41, 5.74) is 1.21. The Kier molecular flexibility index (Phi) is 2.81. The monoisotopic (exact) mass is 176 g/mol. The standard InChI is InChI=1S/C11H16N2/c1-5-10-12-8-7-9(13-10)11(3,4)6-2/h5,7-8H,1,6H2,2-4H3. The summed E-state index contributed by atoms with van der Waals surface area (Å²) in [6.07, 6.45) is 4.53. The van der Waals surface area contributed by atoms with E-state index in [1.807, 2.05) is 6.07 Å². The van der Waals surface area contributed by atoms with Crippen molar-refractivity contribution < 1.29 is 0 Å². The molecule has 0 saturated heterocycles. The van der Waals surface area contributed by atoms with Crippen molar-refractivity contribution in [1.29, 1.82) is 0 Å². The van der Waals surface area contributed by atoms with E-state index in [2.05, 4.69) is 37.3 Å². The molecule has 13 heavy (non-hydrogen) atoms. The summed E-state index contributed by atoms with van der Waals surface area (Å²) in [4.78, 5) is 8.48. The third-order valence-electron chi connectivity index (χ3n) is 2.43. The van der Waals surface area contributed by atoms with Crippen molar-refractivity contribution in [3.8, 4) is 0 Å². The second kappa shape index (κ2) is 3.69. The molecule has 0 aliphatic rings. The minimum absolute atomic E-state index is 0.126. The molecule has 0 bridgehead atoms. The molecular weight excluding hydrogens is 160 g/mol. The normalized spacial score (nSPS) is 11.3. The quantitative estimate of drug-likeness (QED) is 0.707. The summed E-state index contributed by atoms with van der Waals surface area (Å²) in [5.74, 6) is 0.707. The Morgan fingerprint density at radius 1 is 1.54 bits per heavy atom. The molecule has 0 spiro atoms. The van der Waals surface area contributed by atoms with E-state index >= 15 is 0 Å². The predicted molar refractivity (Wildman–Crippen MR) is 55.4 cm³/mol. The molecule has 0 unspecified atom stereocenters. The molecule has 0 aliphatic carbocycles. The molecule has 1 aromatic rings. The van der Waals surface area contributed by atoms with Gasteiger partial charge in [0.25, 0.3) is 0 Å². The molecule has 0 radical (unpaired) electrons. The Balaban J connectivity index is 3.08. The van der Waals surface area contributed by atoms with Crippen LogP contribution in [0.3, 0.4) is 0 Å². The summed E-state index contributed by atoms with van der Waals surface area (Å²) in [7, 11) is 0. The average molecular weight is 176 g/mol. The Bertz CT molecular complexity index is 303. The number of hydrogen-bond acceptors (Lipinski definition) is 2. The van der Waals surface area contributed by atoms with Gasteiger partial charge >= 0.3 is 0 Å². The van der Waals surface area contributed by atoms with E-state index in [0.29, 0.717) is 5.82 Å². The lowest BCUT2D eigenvalue weighted by atomic mass is 9.86. The van der Waals surface area contributed by atoms with E-state index < -0.39 is 0 Å². The number of nitrogens with zero attached hydrogens (tertiary/aromatic N) is 2. The fourth-order valence-corrected chi connectivity index (χ4v) is 1.03. The lowest BCUT2D eigenvalue weighted by molar-refractivity contribution is 0.488. The maximum absolute atomic E-state index is 4.40. The van der Waals surface area contributed by atoms with Crippen LogP contribution in [0, 0.1) is 0 Å². The average Bonchev–Trinajstić information content (AvgIpc) is 2.18. The third-order valence-corrected chi connectivity index (χ3v) is 2.43. The first-order valence-electron chi connectivity index (χ1n) is 4.56. The SMILES string of the molecule is C=Cc1nccc(C(C)(C)CC)n1. The third kappa shape index (κ3) is 2.14. The van der Waals surface area contributed by atoms with Crippen molar-refractivity contribution in [2.75, 3.05) is 0 Å². The molecule has 2 nitrogen and oxygen atoms in total. The molecule has 1 aromatic heterocycles. The van der Waals surface area contributed by atoms with E-state index in [1.54, 1.807) is 12.3 Å². The first kappa shape index (κ1) is 9.90. The van der Waals surface area contributed by atoms with Gasteiger partial charge in [0, 0.05) is 11.6 Å². The van der Waals surface area contributed by atoms with Crippen molar-refractivity contribution in [1.82, 2.24) is 9.97 Å². The topological polar surface area (TPSA) is 25.8 Å². The summed E-state index contributed by atoms with van der Waals surface area (Å²) >= 11 is 0. The summed E-state index contributed by atoms with van der Waals surface area (Å²) in [6.45, 7) is 10.2. The molecule has 0 saturated carbocycles. The summed E-state index contributed by atoms with van der Waals surface area (Å²) < 4.78 is 0. The summed E-state index contributed by atoms with van der Waals surface area (Å²) in [5, 5.41) is 0. The Labute approximate surface area is 79.7 Å². The maximum atomic E-state index is 4.40. The molecule has 70 valence electrons. The highest BCUT2D eigenvalue weighted by molar-refractivity contribution is 5.36.